The van der Waals surface area contributed by atoms with Crippen LogP contribution in [0.3, 0.4) is 0 Å². The lowest BCUT2D eigenvalue weighted by atomic mass is 10.2. The van der Waals surface area contributed by atoms with E-state index in [1.165, 1.54) is 7.11 Å². The predicted molar refractivity (Wildman–Crippen MR) is 66.5 cm³/mol. The number of methoxy groups -OCH3 is 1. The van der Waals surface area contributed by atoms with Gasteiger partial charge in [0.1, 0.15) is 6.04 Å². The number of hydrogen-bond acceptors (Lipinski definition) is 4. The molecule has 1 saturated carbocycles. The summed E-state index contributed by atoms with van der Waals surface area (Å²) >= 11 is 3.34. The summed E-state index contributed by atoms with van der Waals surface area (Å²) in [6, 6.07) is 0.263. The maximum absolute atomic E-state index is 11.6. The van der Waals surface area contributed by atoms with Crippen LogP contribution >= 0.6 is 15.9 Å². The zero-order chi connectivity index (χ0) is 12.3. The number of halogens is 1. The molecule has 1 aromatic rings. The summed E-state index contributed by atoms with van der Waals surface area (Å²) in [5.74, 6) is -0.192. The van der Waals surface area contributed by atoms with E-state index >= 15 is 0 Å². The number of hydrogen-bond donors (Lipinski definition) is 1. The molecule has 0 amide bonds. The van der Waals surface area contributed by atoms with Crippen molar-refractivity contribution in [1.29, 1.82) is 0 Å². The van der Waals surface area contributed by atoms with Crippen LogP contribution in [0.4, 0.5) is 0 Å². The molecule has 1 fully saturated rings. The van der Waals surface area contributed by atoms with Gasteiger partial charge in [-0.15, -0.1) is 0 Å². The van der Waals surface area contributed by atoms with Gasteiger partial charge < -0.3 is 10.1 Å². The van der Waals surface area contributed by atoms with Crippen molar-refractivity contribution in [2.45, 2.75) is 37.9 Å². The first kappa shape index (κ1) is 12.6. The lowest BCUT2D eigenvalue weighted by Gasteiger charge is -2.15. The van der Waals surface area contributed by atoms with Crippen LogP contribution in [0.1, 0.15) is 19.3 Å². The van der Waals surface area contributed by atoms with Gasteiger partial charge in [-0.25, -0.2) is 0 Å². The van der Waals surface area contributed by atoms with Crippen molar-refractivity contribution >= 4 is 21.9 Å². The molecule has 1 aromatic heterocycles. The number of rotatable bonds is 6. The molecule has 1 atom stereocenters. The Bertz CT molecular complexity index is 390. The average molecular weight is 302 g/mol. The highest BCUT2D eigenvalue weighted by Crippen LogP contribution is 2.20. The maximum Gasteiger partial charge on any atom is 0.322 e. The Kier molecular flexibility index (Phi) is 4.17. The second-order valence-corrected chi connectivity index (χ2v) is 5.14. The Labute approximate surface area is 109 Å². The van der Waals surface area contributed by atoms with Gasteiger partial charge in [0.15, 0.2) is 0 Å². The molecular weight excluding hydrogens is 286 g/mol. The fourth-order valence-corrected chi connectivity index (χ4v) is 2.00. The summed E-state index contributed by atoms with van der Waals surface area (Å²) in [4.78, 5) is 11.6. The van der Waals surface area contributed by atoms with E-state index in [1.807, 2.05) is 10.9 Å². The lowest BCUT2D eigenvalue weighted by molar-refractivity contribution is -0.143. The summed E-state index contributed by atoms with van der Waals surface area (Å²) in [5, 5.41) is 7.45. The van der Waals surface area contributed by atoms with Gasteiger partial charge in [-0.3, -0.25) is 9.48 Å². The van der Waals surface area contributed by atoms with Gasteiger partial charge in [0.25, 0.3) is 0 Å². The van der Waals surface area contributed by atoms with Gasteiger partial charge in [-0.2, -0.15) is 5.10 Å². The topological polar surface area (TPSA) is 56.2 Å². The number of aromatic nitrogens is 2. The van der Waals surface area contributed by atoms with Gasteiger partial charge in [0, 0.05) is 18.8 Å². The van der Waals surface area contributed by atoms with Crippen molar-refractivity contribution in [3.63, 3.8) is 0 Å². The summed E-state index contributed by atoms with van der Waals surface area (Å²) in [6.45, 7) is 0.699. The highest BCUT2D eigenvalue weighted by atomic mass is 79.9. The van der Waals surface area contributed by atoms with Crippen LogP contribution in [-0.4, -0.2) is 34.9 Å². The van der Waals surface area contributed by atoms with Crippen molar-refractivity contribution in [3.8, 4) is 0 Å². The summed E-state index contributed by atoms with van der Waals surface area (Å²) in [5.41, 5.74) is 0. The minimum atomic E-state index is -0.226. The van der Waals surface area contributed by atoms with Crippen LogP contribution < -0.4 is 5.32 Å². The van der Waals surface area contributed by atoms with E-state index in [2.05, 4.69) is 26.3 Å². The van der Waals surface area contributed by atoms with Crippen LogP contribution in [0.2, 0.25) is 0 Å². The average Bonchev–Trinajstić information content (AvgIpc) is 3.05. The largest absolute Gasteiger partial charge is 0.468 e. The summed E-state index contributed by atoms with van der Waals surface area (Å²) in [7, 11) is 1.43. The Morgan fingerprint density at radius 1 is 1.76 bits per heavy atom. The Hall–Kier alpha value is -0.880. The zero-order valence-electron chi connectivity index (χ0n) is 9.73. The molecule has 6 heteroatoms. The number of carbonyl (C=O) groups excluding carboxylic acids is 1. The SMILES string of the molecule is COC(=O)C(CCn1cc(Br)cn1)NC1CC1. The van der Waals surface area contributed by atoms with Crippen molar-refractivity contribution in [3.05, 3.63) is 16.9 Å². The molecule has 0 radical (unpaired) electrons. The number of nitrogens with one attached hydrogen (secondary N) is 1. The van der Waals surface area contributed by atoms with Gasteiger partial charge in [-0.05, 0) is 35.2 Å². The molecule has 1 aliphatic carbocycles. The van der Waals surface area contributed by atoms with E-state index in [-0.39, 0.29) is 12.0 Å². The molecule has 1 heterocycles. The van der Waals surface area contributed by atoms with Crippen LogP contribution in [0.15, 0.2) is 16.9 Å². The second kappa shape index (κ2) is 5.64. The minimum absolute atomic E-state index is 0.192. The van der Waals surface area contributed by atoms with Gasteiger partial charge in [-0.1, -0.05) is 0 Å². The molecular formula is C11H16BrN3O2. The molecule has 94 valence electrons. The van der Waals surface area contributed by atoms with E-state index in [0.29, 0.717) is 19.0 Å². The Morgan fingerprint density at radius 3 is 3.06 bits per heavy atom. The monoisotopic (exact) mass is 301 g/mol. The second-order valence-electron chi connectivity index (χ2n) is 4.23. The Balaban J connectivity index is 1.85. The van der Waals surface area contributed by atoms with Crippen molar-refractivity contribution in [1.82, 2.24) is 15.1 Å². The van der Waals surface area contributed by atoms with Crippen molar-refractivity contribution in [2.24, 2.45) is 0 Å². The first-order chi connectivity index (χ1) is 8.19. The third-order valence-electron chi connectivity index (χ3n) is 2.75. The molecule has 17 heavy (non-hydrogen) atoms. The first-order valence-electron chi connectivity index (χ1n) is 5.71. The highest BCUT2D eigenvalue weighted by molar-refractivity contribution is 9.10. The Morgan fingerprint density at radius 2 is 2.53 bits per heavy atom. The fraction of sp³-hybridized carbons (Fsp3) is 0.636. The third kappa shape index (κ3) is 3.81. The van der Waals surface area contributed by atoms with E-state index in [9.17, 15) is 4.79 Å². The smallest absolute Gasteiger partial charge is 0.322 e. The molecule has 1 N–H and O–H groups in total. The summed E-state index contributed by atoms with van der Waals surface area (Å²) in [6.07, 6.45) is 6.63. The van der Waals surface area contributed by atoms with Crippen molar-refractivity contribution in [2.75, 3.05) is 7.11 Å². The molecule has 0 aliphatic heterocycles. The number of carbonyl (C=O) groups is 1. The van der Waals surface area contributed by atoms with Crippen molar-refractivity contribution < 1.29 is 9.53 Å². The molecule has 1 aliphatic rings. The van der Waals surface area contributed by atoms with E-state index < -0.39 is 0 Å². The maximum atomic E-state index is 11.6. The molecule has 0 bridgehead atoms. The number of aryl methyl sites for hydroxylation is 1. The number of ether oxygens (including phenoxy) is 1. The highest BCUT2D eigenvalue weighted by Gasteiger charge is 2.28. The predicted octanol–water partition coefficient (Wildman–Crippen LogP) is 1.33. The first-order valence-corrected chi connectivity index (χ1v) is 6.50. The zero-order valence-corrected chi connectivity index (χ0v) is 11.3. The molecule has 1 unspecified atom stereocenters. The summed E-state index contributed by atoms with van der Waals surface area (Å²) < 4.78 is 7.55. The molecule has 5 nitrogen and oxygen atoms in total. The van der Waals surface area contributed by atoms with Gasteiger partial charge in [0.05, 0.1) is 17.8 Å². The van der Waals surface area contributed by atoms with Gasteiger partial charge in [0.2, 0.25) is 0 Å². The lowest BCUT2D eigenvalue weighted by Crippen LogP contribution is -2.39. The number of nitrogens with zero attached hydrogens (tertiary/aromatic N) is 2. The molecule has 0 spiro atoms. The van der Waals surface area contributed by atoms with E-state index in [1.54, 1.807) is 6.20 Å². The normalized spacial score (nSPS) is 16.8. The minimum Gasteiger partial charge on any atom is -0.468 e. The standard InChI is InChI=1S/C11H16BrN3O2/c1-17-11(16)10(14-9-2-3-9)4-5-15-7-8(12)6-13-15/h6-7,9-10,14H,2-5H2,1H3. The van der Waals surface area contributed by atoms with E-state index in [4.69, 9.17) is 4.74 Å². The van der Waals surface area contributed by atoms with Crippen LogP contribution in [0.25, 0.3) is 0 Å². The van der Waals surface area contributed by atoms with Crippen LogP contribution in [0, 0.1) is 0 Å². The molecule has 0 saturated heterocycles. The van der Waals surface area contributed by atoms with Gasteiger partial charge >= 0.3 is 5.97 Å². The quantitative estimate of drug-likeness (QED) is 0.806. The molecule has 0 aromatic carbocycles. The van der Waals surface area contributed by atoms with Crippen LogP contribution in [0.5, 0.6) is 0 Å². The third-order valence-corrected chi connectivity index (χ3v) is 3.16. The number of esters is 1. The van der Waals surface area contributed by atoms with E-state index in [0.717, 1.165) is 17.3 Å². The fourth-order valence-electron chi connectivity index (χ4n) is 1.67. The molecule has 2 rings (SSSR count). The van der Waals surface area contributed by atoms with Crippen LogP contribution in [-0.2, 0) is 16.1 Å².